The maximum atomic E-state index is 13.2. The summed E-state index contributed by atoms with van der Waals surface area (Å²) in [5, 5.41) is 20.4. The predicted octanol–water partition coefficient (Wildman–Crippen LogP) is -1.53. The lowest BCUT2D eigenvalue weighted by Crippen LogP contribution is -2.71. The molecule has 0 aromatic carbocycles. The fraction of sp³-hybridized carbons (Fsp3) is 0.375. The second-order valence-corrected chi connectivity index (χ2v) is 12.1. The van der Waals surface area contributed by atoms with Crippen LogP contribution in [0.5, 0.6) is 0 Å². The number of carbonyl (C=O) groups is 4. The number of fused-ring (bicyclic) bond motifs is 2. The number of aliphatic carboxylic acids is 1. The number of thiazole rings is 1. The fourth-order valence-electron chi connectivity index (χ4n) is 4.51. The molecule has 2 aliphatic heterocycles. The number of nitrogens with one attached hydrogen (secondary N) is 1. The van der Waals surface area contributed by atoms with Gasteiger partial charge in [-0.15, -0.1) is 32.3 Å². The zero-order valence-electron chi connectivity index (χ0n) is 23.0. The lowest BCUT2D eigenvalue weighted by Gasteiger charge is -2.50. The summed E-state index contributed by atoms with van der Waals surface area (Å²) in [6.45, 7) is 3.82. The summed E-state index contributed by atoms with van der Waals surface area (Å²) >= 11 is 3.62. The summed E-state index contributed by atoms with van der Waals surface area (Å²) in [5.74, 6) is -2.64. The summed E-state index contributed by atoms with van der Waals surface area (Å²) in [7, 11) is 1.26. The molecule has 3 N–H and O–H groups in total. The minimum Gasteiger partial charge on any atom is -0.543 e. The molecule has 0 aliphatic carbocycles. The highest BCUT2D eigenvalue weighted by atomic mass is 32.2. The van der Waals surface area contributed by atoms with Crippen LogP contribution in [-0.4, -0.2) is 90.5 Å². The van der Waals surface area contributed by atoms with Gasteiger partial charge in [0.05, 0.1) is 24.0 Å². The van der Waals surface area contributed by atoms with Crippen molar-refractivity contribution in [3.05, 3.63) is 40.4 Å². The first kappa shape index (κ1) is 30.2. The lowest BCUT2D eigenvalue weighted by molar-refractivity contribution is -0.758. The van der Waals surface area contributed by atoms with Crippen molar-refractivity contribution in [3.63, 3.8) is 0 Å². The zero-order chi connectivity index (χ0) is 30.8. The number of nitrogen functional groups attached to an aromatic ring is 1. The highest BCUT2D eigenvalue weighted by Crippen LogP contribution is 2.40. The molecule has 5 rings (SSSR count). The molecule has 2 atom stereocenters. The first-order valence-electron chi connectivity index (χ1n) is 12.7. The summed E-state index contributed by atoms with van der Waals surface area (Å²) in [4.78, 5) is 69.2. The van der Waals surface area contributed by atoms with Gasteiger partial charge in [-0.05, 0) is 24.9 Å². The third-order valence-electron chi connectivity index (χ3n) is 6.26. The Bertz CT molecular complexity index is 1690. The van der Waals surface area contributed by atoms with E-state index in [9.17, 15) is 24.3 Å². The molecule has 2 aliphatic rings. The van der Waals surface area contributed by atoms with Gasteiger partial charge in [0.2, 0.25) is 0 Å². The maximum Gasteiger partial charge on any atom is 0.381 e. The number of rotatable bonds is 11. The second-order valence-electron chi connectivity index (χ2n) is 9.08. The van der Waals surface area contributed by atoms with Crippen LogP contribution in [0.15, 0.2) is 39.2 Å². The molecule has 43 heavy (non-hydrogen) atoms. The molecule has 0 saturated carbocycles. The van der Waals surface area contributed by atoms with Crippen molar-refractivity contribution >= 4 is 75.2 Å². The average Bonchev–Trinajstić information content (AvgIpc) is 3.58. The topological polar surface area (TPSA) is 210 Å². The van der Waals surface area contributed by atoms with Crippen LogP contribution in [0.1, 0.15) is 18.3 Å². The van der Waals surface area contributed by atoms with Gasteiger partial charge in [0.1, 0.15) is 35.8 Å². The molecule has 1 fully saturated rings. The quantitative estimate of drug-likeness (QED) is 0.0461. The van der Waals surface area contributed by atoms with E-state index in [0.717, 1.165) is 16.2 Å². The molecule has 5 heterocycles. The fourth-order valence-corrected chi connectivity index (χ4v) is 7.31. The molecule has 2 amide bonds. The average molecular weight is 648 g/mol. The summed E-state index contributed by atoms with van der Waals surface area (Å²) in [5.41, 5.74) is 6.46. The van der Waals surface area contributed by atoms with E-state index in [0.29, 0.717) is 22.1 Å². The van der Waals surface area contributed by atoms with E-state index in [1.165, 1.54) is 42.3 Å². The Hall–Kier alpha value is -4.23. The first-order valence-corrected chi connectivity index (χ1v) is 15.6. The number of nitrogens with zero attached hydrogens (tertiary/aromatic N) is 7. The van der Waals surface area contributed by atoms with E-state index >= 15 is 0 Å². The highest BCUT2D eigenvalue weighted by molar-refractivity contribution is 8.00. The molecule has 16 nitrogen and oxygen atoms in total. The van der Waals surface area contributed by atoms with Crippen molar-refractivity contribution in [3.8, 4) is 0 Å². The van der Waals surface area contributed by atoms with E-state index in [2.05, 4.69) is 25.4 Å². The molecular formula is C24H25N9O7S3. The highest BCUT2D eigenvalue weighted by Gasteiger charge is 2.53. The molecule has 226 valence electrons. The van der Waals surface area contributed by atoms with Crippen LogP contribution in [0.4, 0.5) is 5.13 Å². The van der Waals surface area contributed by atoms with E-state index in [-0.39, 0.29) is 52.9 Å². The van der Waals surface area contributed by atoms with Gasteiger partial charge in [-0.3, -0.25) is 19.3 Å². The van der Waals surface area contributed by atoms with Crippen molar-refractivity contribution in [1.29, 1.82) is 0 Å². The number of nitrogens with two attached hydrogens (primary N) is 1. The molecule has 3 aromatic rings. The zero-order valence-corrected chi connectivity index (χ0v) is 25.5. The van der Waals surface area contributed by atoms with Crippen LogP contribution in [-0.2, 0) is 35.3 Å². The number of β-lactam (4-membered cyclic amide) rings is 1. The Morgan fingerprint density at radius 2 is 2.14 bits per heavy atom. The third-order valence-corrected chi connectivity index (χ3v) is 9.24. The van der Waals surface area contributed by atoms with E-state index in [1.807, 2.05) is 0 Å². The predicted molar refractivity (Wildman–Crippen MR) is 152 cm³/mol. The van der Waals surface area contributed by atoms with Crippen LogP contribution < -0.4 is 20.8 Å². The van der Waals surface area contributed by atoms with Crippen molar-refractivity contribution in [2.45, 2.75) is 36.8 Å². The standard InChI is InChI=1S/C24H25N9O7S3/c1-4-40-15(34)9-41-14-5-11(2)27-24-26-10-31(33(14)24)6-12-7-42-21-17(20(36)32(21)18(12)22(37)38)29-19(35)16(30-39-3)13-8-43-23(25)28-13/h5,8,10,17,21H,4,6-7,9H2,1-3H3,(H3-,25,28,29,35,37,38)/b30-16-/t17-,21-/m1/s1. The normalized spacial score (nSPS) is 18.3. The minimum absolute atomic E-state index is 0.0403. The molecule has 0 bridgehead atoms. The van der Waals surface area contributed by atoms with Crippen molar-refractivity contribution in [2.24, 2.45) is 5.16 Å². The Balaban J connectivity index is 1.38. The van der Waals surface area contributed by atoms with Gasteiger partial charge in [-0.1, -0.05) is 16.9 Å². The lowest BCUT2D eigenvalue weighted by atomic mass is 10.0. The molecule has 0 radical (unpaired) electrons. The molecule has 3 aromatic heterocycles. The SMILES string of the molecule is CCOC(=O)CSc1cc(C)nc2nc[n+](CC3=C(C(=O)[O-])N4C(=O)[C@@H](NC(=O)/C(=N\OC)c5csc(N)n5)[C@H]4SC3)n12. The van der Waals surface area contributed by atoms with Gasteiger partial charge in [-0.25, -0.2) is 4.98 Å². The molecule has 1 saturated heterocycles. The second kappa shape index (κ2) is 12.6. The number of carboxylic acid groups (broad SMARTS) is 1. The van der Waals surface area contributed by atoms with Crippen LogP contribution in [0, 0.1) is 6.92 Å². The Morgan fingerprint density at radius 1 is 1.35 bits per heavy atom. The number of aromatic nitrogens is 5. The largest absolute Gasteiger partial charge is 0.543 e. The monoisotopic (exact) mass is 647 g/mol. The molecule has 0 spiro atoms. The van der Waals surface area contributed by atoms with Gasteiger partial charge < -0.3 is 30.5 Å². The Kier molecular flexibility index (Phi) is 8.83. The molecular weight excluding hydrogens is 623 g/mol. The van der Waals surface area contributed by atoms with Gasteiger partial charge in [0, 0.05) is 22.4 Å². The van der Waals surface area contributed by atoms with E-state index in [4.69, 9.17) is 15.3 Å². The Labute approximate surface area is 256 Å². The number of hydrogen-bond donors (Lipinski definition) is 2. The van der Waals surface area contributed by atoms with Crippen molar-refractivity contribution < 1.29 is 38.5 Å². The smallest absolute Gasteiger partial charge is 0.381 e. The van der Waals surface area contributed by atoms with Crippen LogP contribution in [0.25, 0.3) is 5.78 Å². The summed E-state index contributed by atoms with van der Waals surface area (Å²) in [6, 6.07) is 0.759. The Morgan fingerprint density at radius 3 is 2.81 bits per heavy atom. The summed E-state index contributed by atoms with van der Waals surface area (Å²) in [6.07, 6.45) is 1.50. The van der Waals surface area contributed by atoms with Crippen LogP contribution in [0.3, 0.4) is 0 Å². The van der Waals surface area contributed by atoms with Crippen LogP contribution in [0.2, 0.25) is 0 Å². The third kappa shape index (κ3) is 6.00. The number of oxime groups is 1. The maximum absolute atomic E-state index is 13.2. The first-order chi connectivity index (χ1) is 20.6. The molecule has 0 unspecified atom stereocenters. The number of esters is 1. The number of hydrogen-bond acceptors (Lipinski definition) is 15. The number of aryl methyl sites for hydroxylation is 1. The van der Waals surface area contributed by atoms with E-state index in [1.54, 1.807) is 29.1 Å². The van der Waals surface area contributed by atoms with Gasteiger partial charge in [-0.2, -0.15) is 4.98 Å². The number of carbonyl (C=O) groups excluding carboxylic acids is 4. The minimum atomic E-state index is -1.53. The van der Waals surface area contributed by atoms with Gasteiger partial charge in [0.25, 0.3) is 11.8 Å². The summed E-state index contributed by atoms with van der Waals surface area (Å²) < 4.78 is 8.33. The van der Waals surface area contributed by atoms with Gasteiger partial charge >= 0.3 is 18.1 Å². The molecule has 19 heteroatoms. The van der Waals surface area contributed by atoms with Crippen molar-refractivity contribution in [1.82, 2.24) is 29.7 Å². The van der Waals surface area contributed by atoms with Gasteiger partial charge in [0.15, 0.2) is 10.8 Å². The number of ether oxygens (including phenoxy) is 1. The number of amides is 2. The van der Waals surface area contributed by atoms with E-state index < -0.39 is 29.2 Å². The van der Waals surface area contributed by atoms with Crippen molar-refractivity contribution in [2.75, 3.05) is 31.0 Å². The number of thioether (sulfide) groups is 2. The van der Waals surface area contributed by atoms with Crippen LogP contribution >= 0.6 is 34.9 Å². The number of anilines is 1. The number of carboxylic acids is 1.